The van der Waals surface area contributed by atoms with Gasteiger partial charge >= 0.3 is 0 Å². The lowest BCUT2D eigenvalue weighted by Gasteiger charge is -2.30. The highest BCUT2D eigenvalue weighted by atomic mass is 16.5. The fraction of sp³-hybridized carbons (Fsp3) is 0.714. The topological polar surface area (TPSA) is 50.3 Å². The molecule has 1 aromatic heterocycles. The molecule has 0 radical (unpaired) electrons. The molecule has 0 bridgehead atoms. The lowest BCUT2D eigenvalue weighted by molar-refractivity contribution is 0.181. The molecule has 1 unspecified atom stereocenters. The van der Waals surface area contributed by atoms with Crippen molar-refractivity contribution in [3.8, 4) is 0 Å². The number of anilines is 2. The van der Waals surface area contributed by atoms with E-state index in [0.29, 0.717) is 6.61 Å². The zero-order chi connectivity index (χ0) is 14.4. The maximum atomic E-state index is 5.26. The minimum atomic E-state index is 0.290. The summed E-state index contributed by atoms with van der Waals surface area (Å²) in [6, 6.07) is 0.290. The molecule has 0 spiro atoms. The fourth-order valence-electron chi connectivity index (χ4n) is 2.23. The van der Waals surface area contributed by atoms with E-state index in [9.17, 15) is 0 Å². The van der Waals surface area contributed by atoms with Crippen LogP contribution in [0.4, 0.5) is 11.6 Å². The first-order valence-corrected chi connectivity index (χ1v) is 6.89. The van der Waals surface area contributed by atoms with Gasteiger partial charge in [0.2, 0.25) is 0 Å². The van der Waals surface area contributed by atoms with E-state index in [1.165, 1.54) is 0 Å². The van der Waals surface area contributed by atoms with Crippen LogP contribution in [0.1, 0.15) is 32.2 Å². The summed E-state index contributed by atoms with van der Waals surface area (Å²) in [5, 5.41) is 3.15. The van der Waals surface area contributed by atoms with Crippen molar-refractivity contribution in [3.05, 3.63) is 11.4 Å². The van der Waals surface area contributed by atoms with Crippen LogP contribution < -0.4 is 10.2 Å². The van der Waals surface area contributed by atoms with E-state index in [0.717, 1.165) is 36.0 Å². The second kappa shape index (κ2) is 7.28. The summed E-state index contributed by atoms with van der Waals surface area (Å²) < 4.78 is 5.26. The second-order valence-corrected chi connectivity index (χ2v) is 4.63. The Kier molecular flexibility index (Phi) is 6.02. The quantitative estimate of drug-likeness (QED) is 0.820. The predicted octanol–water partition coefficient (Wildman–Crippen LogP) is 2.25. The number of aromatic nitrogens is 2. The average molecular weight is 266 g/mol. The van der Waals surface area contributed by atoms with Crippen LogP contribution >= 0.6 is 0 Å². The highest BCUT2D eigenvalue weighted by molar-refractivity contribution is 5.58. The lowest BCUT2D eigenvalue weighted by atomic mass is 10.2. The molecule has 1 atom stereocenters. The predicted molar refractivity (Wildman–Crippen MR) is 80.1 cm³/mol. The molecule has 0 saturated heterocycles. The normalized spacial score (nSPS) is 12.3. The van der Waals surface area contributed by atoms with Gasteiger partial charge in [0.05, 0.1) is 12.6 Å². The smallest absolute Gasteiger partial charge is 0.137 e. The molecule has 0 aliphatic heterocycles. The zero-order valence-corrected chi connectivity index (χ0v) is 12.9. The summed E-state index contributed by atoms with van der Waals surface area (Å²) >= 11 is 0. The van der Waals surface area contributed by atoms with Crippen molar-refractivity contribution in [2.45, 2.75) is 40.2 Å². The van der Waals surface area contributed by atoms with E-state index in [2.05, 4.69) is 42.9 Å². The first-order chi connectivity index (χ1) is 9.08. The van der Waals surface area contributed by atoms with E-state index in [1.54, 1.807) is 7.11 Å². The molecule has 0 aliphatic rings. The van der Waals surface area contributed by atoms with E-state index in [4.69, 9.17) is 9.72 Å². The summed E-state index contributed by atoms with van der Waals surface area (Å²) in [7, 11) is 3.63. The zero-order valence-electron chi connectivity index (χ0n) is 12.9. The molecule has 0 fully saturated rings. The molecular weight excluding hydrogens is 240 g/mol. The monoisotopic (exact) mass is 266 g/mol. The van der Waals surface area contributed by atoms with E-state index in [-0.39, 0.29) is 6.04 Å². The summed E-state index contributed by atoms with van der Waals surface area (Å²) in [4.78, 5) is 11.5. The number of aryl methyl sites for hydroxylation is 1. The van der Waals surface area contributed by atoms with Crippen molar-refractivity contribution in [1.82, 2.24) is 9.97 Å². The minimum Gasteiger partial charge on any atom is -0.383 e. The van der Waals surface area contributed by atoms with Crippen LogP contribution in [-0.2, 0) is 11.2 Å². The first kappa shape index (κ1) is 15.7. The maximum absolute atomic E-state index is 5.26. The Morgan fingerprint density at radius 3 is 2.47 bits per heavy atom. The molecule has 0 amide bonds. The number of hydrogen-bond donors (Lipinski definition) is 1. The Balaban J connectivity index is 3.21. The summed E-state index contributed by atoms with van der Waals surface area (Å²) in [5.74, 6) is 2.78. The molecule has 0 aromatic carbocycles. The Morgan fingerprint density at radius 2 is 2.00 bits per heavy atom. The molecule has 108 valence electrons. The van der Waals surface area contributed by atoms with Crippen LogP contribution in [0.25, 0.3) is 0 Å². The van der Waals surface area contributed by atoms with Gasteiger partial charge in [-0.2, -0.15) is 0 Å². The molecule has 5 nitrogen and oxygen atoms in total. The van der Waals surface area contributed by atoms with Gasteiger partial charge in [-0.25, -0.2) is 9.97 Å². The van der Waals surface area contributed by atoms with Crippen molar-refractivity contribution < 1.29 is 4.74 Å². The maximum Gasteiger partial charge on any atom is 0.137 e. The van der Waals surface area contributed by atoms with Gasteiger partial charge in [-0.05, 0) is 20.8 Å². The number of nitrogens with one attached hydrogen (secondary N) is 1. The first-order valence-electron chi connectivity index (χ1n) is 6.89. The number of nitrogens with zero attached hydrogens (tertiary/aromatic N) is 3. The van der Waals surface area contributed by atoms with Crippen LogP contribution in [0.15, 0.2) is 0 Å². The van der Waals surface area contributed by atoms with E-state index < -0.39 is 0 Å². The summed E-state index contributed by atoms with van der Waals surface area (Å²) in [6.45, 7) is 10.0. The second-order valence-electron chi connectivity index (χ2n) is 4.63. The van der Waals surface area contributed by atoms with Crippen LogP contribution in [0.2, 0.25) is 0 Å². The average Bonchev–Trinajstić information content (AvgIpc) is 2.41. The van der Waals surface area contributed by atoms with Gasteiger partial charge < -0.3 is 15.0 Å². The van der Waals surface area contributed by atoms with Gasteiger partial charge in [-0.15, -0.1) is 0 Å². The standard InChI is InChI=1S/C14H26N4O/c1-7-12-16-13(15-5)11(4)14(17-12)18(8-2)10(3)9-19-6/h10H,7-9H2,1-6H3,(H,15,16,17). The molecule has 0 saturated carbocycles. The third kappa shape index (κ3) is 3.56. The van der Waals surface area contributed by atoms with Gasteiger partial charge in [-0.3, -0.25) is 0 Å². The molecule has 1 aromatic rings. The molecule has 0 aliphatic carbocycles. The molecule has 1 rings (SSSR count). The van der Waals surface area contributed by atoms with Crippen molar-refractivity contribution in [2.24, 2.45) is 0 Å². The minimum absolute atomic E-state index is 0.290. The van der Waals surface area contributed by atoms with Gasteiger partial charge in [-0.1, -0.05) is 6.92 Å². The van der Waals surface area contributed by atoms with Crippen LogP contribution in [0.5, 0.6) is 0 Å². The Bertz CT molecular complexity index is 409. The van der Waals surface area contributed by atoms with E-state index in [1.807, 2.05) is 7.05 Å². The highest BCUT2D eigenvalue weighted by Gasteiger charge is 2.19. The molecular formula is C14H26N4O. The Labute approximate surface area is 116 Å². The lowest BCUT2D eigenvalue weighted by Crippen LogP contribution is -2.37. The Hall–Kier alpha value is -1.36. The third-order valence-corrected chi connectivity index (χ3v) is 3.27. The molecule has 1 heterocycles. The Morgan fingerprint density at radius 1 is 1.32 bits per heavy atom. The number of ether oxygens (including phenoxy) is 1. The van der Waals surface area contributed by atoms with Gasteiger partial charge in [0.25, 0.3) is 0 Å². The number of rotatable bonds is 7. The van der Waals surface area contributed by atoms with Crippen molar-refractivity contribution >= 4 is 11.6 Å². The van der Waals surface area contributed by atoms with Gasteiger partial charge in [0, 0.05) is 32.7 Å². The number of hydrogen-bond acceptors (Lipinski definition) is 5. The molecule has 19 heavy (non-hydrogen) atoms. The van der Waals surface area contributed by atoms with Gasteiger partial charge in [0.15, 0.2) is 0 Å². The van der Waals surface area contributed by atoms with Crippen LogP contribution in [0, 0.1) is 6.92 Å². The molecule has 5 heteroatoms. The third-order valence-electron chi connectivity index (χ3n) is 3.27. The highest BCUT2D eigenvalue weighted by Crippen LogP contribution is 2.25. The van der Waals surface area contributed by atoms with E-state index >= 15 is 0 Å². The summed E-state index contributed by atoms with van der Waals surface area (Å²) in [6.07, 6.45) is 0.832. The van der Waals surface area contributed by atoms with Crippen LogP contribution in [-0.4, -0.2) is 43.3 Å². The molecule has 1 N–H and O–H groups in total. The van der Waals surface area contributed by atoms with Crippen LogP contribution in [0.3, 0.4) is 0 Å². The number of likely N-dealkylation sites (N-methyl/N-ethyl adjacent to an activating group) is 1. The SMILES string of the molecule is CCc1nc(NC)c(C)c(N(CC)C(C)COC)n1. The largest absolute Gasteiger partial charge is 0.383 e. The fourth-order valence-corrected chi connectivity index (χ4v) is 2.23. The van der Waals surface area contributed by atoms with Crippen molar-refractivity contribution in [1.29, 1.82) is 0 Å². The van der Waals surface area contributed by atoms with Crippen molar-refractivity contribution in [2.75, 3.05) is 37.5 Å². The summed E-state index contributed by atoms with van der Waals surface area (Å²) in [5.41, 5.74) is 1.09. The van der Waals surface area contributed by atoms with Crippen molar-refractivity contribution in [3.63, 3.8) is 0 Å². The number of methoxy groups -OCH3 is 1. The van der Waals surface area contributed by atoms with Gasteiger partial charge in [0.1, 0.15) is 17.5 Å².